The monoisotopic (exact) mass is 564 g/mol. The zero-order valence-electron chi connectivity index (χ0n) is 23.8. The van der Waals surface area contributed by atoms with Crippen molar-refractivity contribution in [2.45, 2.75) is 70.9 Å². The highest BCUT2D eigenvalue weighted by Gasteiger charge is 2.37. The summed E-state index contributed by atoms with van der Waals surface area (Å²) in [5.74, 6) is -1.06. The van der Waals surface area contributed by atoms with Crippen molar-refractivity contribution in [2.75, 3.05) is 19.6 Å². The van der Waals surface area contributed by atoms with Crippen LogP contribution in [0, 0.1) is 0 Å². The standard InChI is InChI=1S/C31H40N4O6/c1-3-18-32-28(37)15-16-29(38)34-26(21-24-8-5-4-6-9-24)31(40)35-20-7-10-27(35)30(39)33-19-17-23-11-13-25(14-12-23)41-22(2)36/h4-6,8-9,11-14,26-27H,3,7,10,15-21H2,1-2H3,(H,32,37)(H,33,39)(H,34,38)/t26-,27-/m0/s1. The third kappa shape index (κ3) is 10.4. The van der Waals surface area contributed by atoms with E-state index in [4.69, 9.17) is 4.74 Å². The minimum atomic E-state index is -0.854. The van der Waals surface area contributed by atoms with Crippen LogP contribution in [0.2, 0.25) is 0 Å². The van der Waals surface area contributed by atoms with Gasteiger partial charge in [0.05, 0.1) is 0 Å². The second-order valence-electron chi connectivity index (χ2n) is 10.1. The SMILES string of the molecule is CCCNC(=O)CCC(=O)N[C@@H](Cc1ccccc1)C(=O)N1CCC[C@H]1C(=O)NCCc1ccc(OC(C)=O)cc1. The van der Waals surface area contributed by atoms with Gasteiger partial charge in [0.1, 0.15) is 17.8 Å². The van der Waals surface area contributed by atoms with Gasteiger partial charge in [0.15, 0.2) is 0 Å². The Balaban J connectivity index is 1.59. The van der Waals surface area contributed by atoms with Gasteiger partial charge in [0.25, 0.3) is 0 Å². The van der Waals surface area contributed by atoms with Crippen LogP contribution < -0.4 is 20.7 Å². The van der Waals surface area contributed by atoms with Crippen molar-refractivity contribution in [3.05, 3.63) is 65.7 Å². The molecule has 0 aliphatic carbocycles. The molecule has 0 aromatic heterocycles. The predicted octanol–water partition coefficient (Wildman–Crippen LogP) is 2.30. The molecule has 0 unspecified atom stereocenters. The molecule has 2 aromatic rings. The van der Waals surface area contributed by atoms with Crippen LogP contribution >= 0.6 is 0 Å². The summed E-state index contributed by atoms with van der Waals surface area (Å²) < 4.78 is 5.04. The molecule has 220 valence electrons. The zero-order chi connectivity index (χ0) is 29.6. The second kappa shape index (κ2) is 16.2. The van der Waals surface area contributed by atoms with Gasteiger partial charge in [-0.05, 0) is 48.9 Å². The molecule has 1 aliphatic rings. The first kappa shape index (κ1) is 31.3. The number of nitrogens with one attached hydrogen (secondary N) is 3. The maximum Gasteiger partial charge on any atom is 0.308 e. The Morgan fingerprint density at radius 3 is 2.29 bits per heavy atom. The number of esters is 1. The lowest BCUT2D eigenvalue weighted by Gasteiger charge is -2.29. The molecule has 0 saturated carbocycles. The number of ether oxygens (including phenoxy) is 1. The Morgan fingerprint density at radius 1 is 0.902 bits per heavy atom. The molecule has 1 saturated heterocycles. The van der Waals surface area contributed by atoms with E-state index >= 15 is 0 Å². The fourth-order valence-corrected chi connectivity index (χ4v) is 4.74. The van der Waals surface area contributed by atoms with Crippen molar-refractivity contribution in [3.63, 3.8) is 0 Å². The van der Waals surface area contributed by atoms with Crippen molar-refractivity contribution < 1.29 is 28.7 Å². The van der Waals surface area contributed by atoms with Gasteiger partial charge in [-0.1, -0.05) is 49.4 Å². The van der Waals surface area contributed by atoms with E-state index in [1.807, 2.05) is 49.4 Å². The van der Waals surface area contributed by atoms with Crippen LogP contribution in [0.25, 0.3) is 0 Å². The minimum absolute atomic E-state index is 0.0279. The summed E-state index contributed by atoms with van der Waals surface area (Å²) in [7, 11) is 0. The van der Waals surface area contributed by atoms with Gasteiger partial charge in [-0.15, -0.1) is 0 Å². The van der Waals surface area contributed by atoms with Crippen molar-refractivity contribution in [1.29, 1.82) is 0 Å². The molecule has 1 aliphatic heterocycles. The Kier molecular flexibility index (Phi) is 12.3. The molecule has 10 heteroatoms. The smallest absolute Gasteiger partial charge is 0.308 e. The van der Waals surface area contributed by atoms with Crippen molar-refractivity contribution in [1.82, 2.24) is 20.9 Å². The summed E-state index contributed by atoms with van der Waals surface area (Å²) in [6.45, 7) is 4.65. The zero-order valence-corrected chi connectivity index (χ0v) is 23.8. The molecular formula is C31H40N4O6. The Morgan fingerprint density at radius 2 is 1.61 bits per heavy atom. The molecular weight excluding hydrogens is 524 g/mol. The first-order valence-corrected chi connectivity index (χ1v) is 14.2. The van der Waals surface area contributed by atoms with Gasteiger partial charge in [0, 0.05) is 45.8 Å². The highest BCUT2D eigenvalue weighted by Crippen LogP contribution is 2.20. The Labute approximate surface area is 241 Å². The number of rotatable bonds is 14. The van der Waals surface area contributed by atoms with Gasteiger partial charge in [-0.2, -0.15) is 0 Å². The lowest BCUT2D eigenvalue weighted by atomic mass is 10.0. The van der Waals surface area contributed by atoms with Crippen LogP contribution in [0.1, 0.15) is 57.1 Å². The number of likely N-dealkylation sites (tertiary alicyclic amines) is 1. The molecule has 0 radical (unpaired) electrons. The number of amides is 4. The molecule has 41 heavy (non-hydrogen) atoms. The summed E-state index contributed by atoms with van der Waals surface area (Å²) >= 11 is 0. The van der Waals surface area contributed by atoms with E-state index in [-0.39, 0.29) is 48.9 Å². The van der Waals surface area contributed by atoms with Gasteiger partial charge >= 0.3 is 5.97 Å². The van der Waals surface area contributed by atoms with Crippen molar-refractivity contribution in [2.24, 2.45) is 0 Å². The summed E-state index contributed by atoms with van der Waals surface area (Å²) in [4.78, 5) is 64.1. The molecule has 4 amide bonds. The first-order valence-electron chi connectivity index (χ1n) is 14.2. The number of hydrogen-bond acceptors (Lipinski definition) is 6. The molecule has 1 fully saturated rings. The lowest BCUT2D eigenvalue weighted by Crippen LogP contribution is -2.54. The van der Waals surface area contributed by atoms with Crippen LogP contribution in [0.15, 0.2) is 54.6 Å². The molecule has 0 spiro atoms. The number of benzene rings is 2. The molecule has 3 rings (SSSR count). The molecule has 0 bridgehead atoms. The largest absolute Gasteiger partial charge is 0.427 e. The summed E-state index contributed by atoms with van der Waals surface area (Å²) in [6, 6.07) is 15.0. The number of carbonyl (C=O) groups excluding carboxylic acids is 5. The van der Waals surface area contributed by atoms with Gasteiger partial charge < -0.3 is 25.6 Å². The van der Waals surface area contributed by atoms with Crippen LogP contribution in [-0.2, 0) is 36.8 Å². The fraction of sp³-hybridized carbons (Fsp3) is 0.452. The predicted molar refractivity (Wildman–Crippen MR) is 154 cm³/mol. The summed E-state index contributed by atoms with van der Waals surface area (Å²) in [6.07, 6.45) is 2.90. The second-order valence-corrected chi connectivity index (χ2v) is 10.1. The third-order valence-corrected chi connectivity index (χ3v) is 6.80. The minimum Gasteiger partial charge on any atom is -0.427 e. The van der Waals surface area contributed by atoms with Gasteiger partial charge in [-0.3, -0.25) is 24.0 Å². The Bertz CT molecular complexity index is 1180. The first-order chi connectivity index (χ1) is 19.8. The average Bonchev–Trinajstić information content (AvgIpc) is 3.45. The normalized spacial score (nSPS) is 15.1. The highest BCUT2D eigenvalue weighted by atomic mass is 16.5. The van der Waals surface area contributed by atoms with Crippen molar-refractivity contribution in [3.8, 4) is 5.75 Å². The van der Waals surface area contributed by atoms with Crippen LogP contribution in [0.5, 0.6) is 5.75 Å². The van der Waals surface area contributed by atoms with Gasteiger partial charge in [-0.25, -0.2) is 0 Å². The maximum absolute atomic E-state index is 13.7. The van der Waals surface area contributed by atoms with Crippen LogP contribution in [-0.4, -0.2) is 66.2 Å². The third-order valence-electron chi connectivity index (χ3n) is 6.80. The lowest BCUT2D eigenvalue weighted by molar-refractivity contribution is -0.141. The van der Waals surface area contributed by atoms with E-state index in [9.17, 15) is 24.0 Å². The average molecular weight is 565 g/mol. The summed E-state index contributed by atoms with van der Waals surface area (Å²) in [5.41, 5.74) is 1.85. The topological polar surface area (TPSA) is 134 Å². The van der Waals surface area contributed by atoms with Crippen LogP contribution in [0.4, 0.5) is 0 Å². The quantitative estimate of drug-likeness (QED) is 0.238. The van der Waals surface area contributed by atoms with E-state index in [2.05, 4.69) is 16.0 Å². The molecule has 3 N–H and O–H groups in total. The number of carbonyl (C=O) groups is 5. The van der Waals surface area contributed by atoms with E-state index in [1.54, 1.807) is 17.0 Å². The fourth-order valence-electron chi connectivity index (χ4n) is 4.74. The highest BCUT2D eigenvalue weighted by molar-refractivity contribution is 5.93. The van der Waals surface area contributed by atoms with Crippen LogP contribution in [0.3, 0.4) is 0 Å². The number of nitrogens with zero attached hydrogens (tertiary/aromatic N) is 1. The maximum atomic E-state index is 13.7. The Hall–Kier alpha value is -4.21. The molecule has 10 nitrogen and oxygen atoms in total. The van der Waals surface area contributed by atoms with Crippen molar-refractivity contribution >= 4 is 29.6 Å². The van der Waals surface area contributed by atoms with E-state index in [0.29, 0.717) is 44.6 Å². The van der Waals surface area contributed by atoms with E-state index < -0.39 is 12.1 Å². The molecule has 2 atom stereocenters. The summed E-state index contributed by atoms with van der Waals surface area (Å²) in [5, 5.41) is 8.50. The van der Waals surface area contributed by atoms with Gasteiger partial charge in [0.2, 0.25) is 23.6 Å². The van der Waals surface area contributed by atoms with E-state index in [1.165, 1.54) is 6.92 Å². The van der Waals surface area contributed by atoms with E-state index in [0.717, 1.165) is 17.5 Å². The molecule has 2 aromatic carbocycles. The number of hydrogen-bond donors (Lipinski definition) is 3. The molecule has 1 heterocycles.